The molecule has 0 bridgehead atoms. The molecule has 14 heavy (non-hydrogen) atoms. The van der Waals surface area contributed by atoms with Gasteiger partial charge in [-0.15, -0.1) is 11.3 Å². The predicted molar refractivity (Wildman–Crippen MR) is 57.3 cm³/mol. The van der Waals surface area contributed by atoms with Crippen molar-refractivity contribution in [2.45, 2.75) is 6.92 Å². The molecule has 2 aromatic heterocycles. The van der Waals surface area contributed by atoms with E-state index in [9.17, 15) is 4.79 Å². The van der Waals surface area contributed by atoms with Crippen LogP contribution in [0.15, 0.2) is 22.3 Å². The number of aromatic nitrogens is 2. The zero-order chi connectivity index (χ0) is 10.1. The maximum absolute atomic E-state index is 11.1. The lowest BCUT2D eigenvalue weighted by molar-refractivity contribution is 1.14. The van der Waals surface area contributed by atoms with Crippen LogP contribution in [-0.4, -0.2) is 9.97 Å². The van der Waals surface area contributed by atoms with Crippen molar-refractivity contribution < 1.29 is 0 Å². The first-order valence-electron chi connectivity index (χ1n) is 4.08. The standard InChI is InChI=1S/C9H9N3OS/c1-5-2-3-14-8(5)9-11-6(10)4-7(13)12-9/h2-4H,1H3,(H3,10,11,12,13). The van der Waals surface area contributed by atoms with Crippen LogP contribution in [0.5, 0.6) is 0 Å². The second-order valence-corrected chi connectivity index (χ2v) is 3.87. The van der Waals surface area contributed by atoms with Crippen molar-refractivity contribution in [2.24, 2.45) is 0 Å². The Balaban J connectivity index is 2.63. The Morgan fingerprint density at radius 3 is 2.93 bits per heavy atom. The van der Waals surface area contributed by atoms with Gasteiger partial charge in [-0.1, -0.05) is 0 Å². The molecule has 0 atom stereocenters. The first-order valence-corrected chi connectivity index (χ1v) is 4.96. The van der Waals surface area contributed by atoms with Gasteiger partial charge in [0.15, 0.2) is 5.82 Å². The van der Waals surface area contributed by atoms with Gasteiger partial charge in [0.2, 0.25) is 0 Å². The van der Waals surface area contributed by atoms with Gasteiger partial charge in [0.25, 0.3) is 5.56 Å². The Labute approximate surface area is 84.4 Å². The second-order valence-electron chi connectivity index (χ2n) is 2.95. The third-order valence-corrected chi connectivity index (χ3v) is 2.86. The summed E-state index contributed by atoms with van der Waals surface area (Å²) >= 11 is 1.53. The van der Waals surface area contributed by atoms with Crippen LogP contribution < -0.4 is 11.3 Å². The molecule has 0 aliphatic heterocycles. The molecule has 0 unspecified atom stereocenters. The van der Waals surface area contributed by atoms with Crippen molar-refractivity contribution in [3.05, 3.63) is 33.4 Å². The molecule has 2 rings (SSSR count). The molecule has 0 amide bonds. The monoisotopic (exact) mass is 207 g/mol. The van der Waals surface area contributed by atoms with Gasteiger partial charge in [-0.3, -0.25) is 4.79 Å². The van der Waals surface area contributed by atoms with Crippen LogP contribution >= 0.6 is 11.3 Å². The number of nitrogen functional groups attached to an aromatic ring is 1. The van der Waals surface area contributed by atoms with E-state index in [1.807, 2.05) is 18.4 Å². The summed E-state index contributed by atoms with van der Waals surface area (Å²) in [4.78, 5) is 18.8. The van der Waals surface area contributed by atoms with Gasteiger partial charge in [0.1, 0.15) is 5.82 Å². The lowest BCUT2D eigenvalue weighted by Gasteiger charge is -1.99. The van der Waals surface area contributed by atoms with Gasteiger partial charge in [-0.2, -0.15) is 0 Å². The molecule has 0 aliphatic rings. The topological polar surface area (TPSA) is 71.8 Å². The molecule has 0 spiro atoms. The maximum atomic E-state index is 11.1. The molecule has 72 valence electrons. The number of nitrogens with one attached hydrogen (secondary N) is 1. The minimum Gasteiger partial charge on any atom is -0.383 e. The molecular formula is C9H9N3OS. The summed E-state index contributed by atoms with van der Waals surface area (Å²) in [5, 5.41) is 1.95. The summed E-state index contributed by atoms with van der Waals surface area (Å²) in [5.41, 5.74) is 6.35. The number of thiophene rings is 1. The number of aromatic amines is 1. The first-order chi connectivity index (χ1) is 6.66. The maximum Gasteiger partial charge on any atom is 0.253 e. The lowest BCUT2D eigenvalue weighted by Crippen LogP contribution is -2.09. The highest BCUT2D eigenvalue weighted by Gasteiger charge is 2.06. The Kier molecular flexibility index (Phi) is 2.09. The van der Waals surface area contributed by atoms with Crippen molar-refractivity contribution >= 4 is 17.2 Å². The van der Waals surface area contributed by atoms with E-state index in [0.29, 0.717) is 5.82 Å². The first kappa shape index (κ1) is 8.96. The third-order valence-electron chi connectivity index (χ3n) is 1.84. The molecule has 0 fully saturated rings. The fourth-order valence-electron chi connectivity index (χ4n) is 1.20. The fourth-order valence-corrected chi connectivity index (χ4v) is 2.07. The highest BCUT2D eigenvalue weighted by atomic mass is 32.1. The molecule has 5 heteroatoms. The molecular weight excluding hydrogens is 198 g/mol. The highest BCUT2D eigenvalue weighted by Crippen LogP contribution is 2.25. The minimum atomic E-state index is -0.222. The zero-order valence-electron chi connectivity index (χ0n) is 7.57. The Morgan fingerprint density at radius 2 is 2.36 bits per heavy atom. The quantitative estimate of drug-likeness (QED) is 0.742. The van der Waals surface area contributed by atoms with Crippen LogP contribution in [-0.2, 0) is 0 Å². The van der Waals surface area contributed by atoms with Crippen LogP contribution in [0.25, 0.3) is 10.7 Å². The molecule has 2 heterocycles. The number of aryl methyl sites for hydroxylation is 1. The molecule has 0 radical (unpaired) electrons. The number of nitrogens with zero attached hydrogens (tertiary/aromatic N) is 1. The van der Waals surface area contributed by atoms with E-state index < -0.39 is 0 Å². The summed E-state index contributed by atoms with van der Waals surface area (Å²) in [6.45, 7) is 1.97. The van der Waals surface area contributed by atoms with E-state index in [1.54, 1.807) is 0 Å². The van der Waals surface area contributed by atoms with Gasteiger partial charge in [0, 0.05) is 6.07 Å². The Hall–Kier alpha value is -1.62. The molecule has 0 aliphatic carbocycles. The average Bonchev–Trinajstić information content (AvgIpc) is 2.49. The SMILES string of the molecule is Cc1ccsc1-c1nc(N)cc(=O)[nH]1. The van der Waals surface area contributed by atoms with E-state index in [2.05, 4.69) is 9.97 Å². The second kappa shape index (κ2) is 3.26. The van der Waals surface area contributed by atoms with E-state index in [0.717, 1.165) is 10.4 Å². The van der Waals surface area contributed by atoms with Gasteiger partial charge >= 0.3 is 0 Å². The molecule has 0 saturated carbocycles. The zero-order valence-corrected chi connectivity index (χ0v) is 8.39. The summed E-state index contributed by atoms with van der Waals surface area (Å²) < 4.78 is 0. The molecule has 2 aromatic rings. The number of H-pyrrole nitrogens is 1. The minimum absolute atomic E-state index is 0.222. The number of nitrogens with two attached hydrogens (primary N) is 1. The summed E-state index contributed by atoms with van der Waals surface area (Å²) in [6.07, 6.45) is 0. The molecule has 0 saturated heterocycles. The van der Waals surface area contributed by atoms with E-state index in [-0.39, 0.29) is 11.4 Å². The molecule has 0 aromatic carbocycles. The number of hydrogen-bond donors (Lipinski definition) is 2. The van der Waals surface area contributed by atoms with E-state index >= 15 is 0 Å². The third kappa shape index (κ3) is 1.54. The Morgan fingerprint density at radius 1 is 1.57 bits per heavy atom. The fraction of sp³-hybridized carbons (Fsp3) is 0.111. The number of rotatable bonds is 1. The summed E-state index contributed by atoms with van der Waals surface area (Å²) in [6, 6.07) is 3.25. The summed E-state index contributed by atoms with van der Waals surface area (Å²) in [5.74, 6) is 0.791. The van der Waals surface area contributed by atoms with Crippen LogP contribution in [0.1, 0.15) is 5.56 Å². The number of hydrogen-bond acceptors (Lipinski definition) is 4. The van der Waals surface area contributed by atoms with Crippen molar-refractivity contribution in [2.75, 3.05) is 5.73 Å². The van der Waals surface area contributed by atoms with Gasteiger partial charge < -0.3 is 10.7 Å². The van der Waals surface area contributed by atoms with Crippen LogP contribution in [0.3, 0.4) is 0 Å². The van der Waals surface area contributed by atoms with Crippen LogP contribution in [0.2, 0.25) is 0 Å². The van der Waals surface area contributed by atoms with Crippen molar-refractivity contribution in [1.29, 1.82) is 0 Å². The van der Waals surface area contributed by atoms with Gasteiger partial charge in [-0.05, 0) is 23.9 Å². The van der Waals surface area contributed by atoms with Crippen molar-refractivity contribution in [1.82, 2.24) is 9.97 Å². The smallest absolute Gasteiger partial charge is 0.253 e. The predicted octanol–water partition coefficient (Wildman–Crippen LogP) is 1.39. The van der Waals surface area contributed by atoms with Crippen molar-refractivity contribution in [3.63, 3.8) is 0 Å². The summed E-state index contributed by atoms with van der Waals surface area (Å²) in [7, 11) is 0. The van der Waals surface area contributed by atoms with E-state index in [1.165, 1.54) is 17.4 Å². The lowest BCUT2D eigenvalue weighted by atomic mass is 10.3. The largest absolute Gasteiger partial charge is 0.383 e. The number of anilines is 1. The van der Waals surface area contributed by atoms with Gasteiger partial charge in [-0.25, -0.2) is 4.98 Å². The van der Waals surface area contributed by atoms with Crippen LogP contribution in [0, 0.1) is 6.92 Å². The highest BCUT2D eigenvalue weighted by molar-refractivity contribution is 7.13. The molecule has 4 nitrogen and oxygen atoms in total. The average molecular weight is 207 g/mol. The van der Waals surface area contributed by atoms with Gasteiger partial charge in [0.05, 0.1) is 4.88 Å². The molecule has 3 N–H and O–H groups in total. The van der Waals surface area contributed by atoms with E-state index in [4.69, 9.17) is 5.73 Å². The Bertz CT molecular complexity index is 515. The van der Waals surface area contributed by atoms with Crippen LogP contribution in [0.4, 0.5) is 5.82 Å². The normalized spacial score (nSPS) is 10.4. The van der Waals surface area contributed by atoms with Crippen molar-refractivity contribution in [3.8, 4) is 10.7 Å².